The second-order valence-electron chi connectivity index (χ2n) is 6.74. The number of hydrogen-bond acceptors (Lipinski definition) is 4. The van der Waals surface area contributed by atoms with Gasteiger partial charge in [0.2, 0.25) is 0 Å². The molecule has 22 heavy (non-hydrogen) atoms. The van der Waals surface area contributed by atoms with Gasteiger partial charge < -0.3 is 20.5 Å². The number of nitrogens with zero attached hydrogens (tertiary/aromatic N) is 2. The molecular weight excluding hydrogens is 280 g/mol. The van der Waals surface area contributed by atoms with E-state index in [1.165, 1.54) is 19.3 Å². The van der Waals surface area contributed by atoms with Crippen LogP contribution in [0.25, 0.3) is 0 Å². The standard InChI is InChI=1S/C16H30N4O2/c17-16(18-10-13-2-1-3-13)19-11-15(14-4-7-22-12-14)20-5-8-21-9-6-20/h13-15H,1-12H2,(H3,17,18,19). The van der Waals surface area contributed by atoms with Crippen molar-refractivity contribution in [3.05, 3.63) is 0 Å². The Labute approximate surface area is 133 Å². The Balaban J connectivity index is 1.51. The maximum atomic E-state index is 6.04. The summed E-state index contributed by atoms with van der Waals surface area (Å²) in [4.78, 5) is 7.13. The quantitative estimate of drug-likeness (QED) is 0.550. The Hall–Kier alpha value is -0.850. The zero-order valence-corrected chi connectivity index (χ0v) is 13.5. The summed E-state index contributed by atoms with van der Waals surface area (Å²) in [5.74, 6) is 1.97. The molecule has 0 aromatic carbocycles. The summed E-state index contributed by atoms with van der Waals surface area (Å²) in [6.45, 7) is 7.10. The van der Waals surface area contributed by atoms with Crippen LogP contribution < -0.4 is 11.1 Å². The molecule has 2 heterocycles. The lowest BCUT2D eigenvalue weighted by Gasteiger charge is -2.36. The minimum Gasteiger partial charge on any atom is -0.381 e. The molecular formula is C16H30N4O2. The first-order chi connectivity index (χ1) is 10.8. The second kappa shape index (κ2) is 8.13. The molecule has 1 aliphatic carbocycles. The topological polar surface area (TPSA) is 72.1 Å². The van der Waals surface area contributed by atoms with Crippen molar-refractivity contribution in [1.82, 2.24) is 10.2 Å². The van der Waals surface area contributed by atoms with E-state index in [2.05, 4.69) is 15.2 Å². The third-order valence-corrected chi connectivity index (χ3v) is 5.27. The molecule has 3 aliphatic rings. The van der Waals surface area contributed by atoms with E-state index in [1.54, 1.807) is 0 Å². The molecule has 0 amide bonds. The zero-order chi connectivity index (χ0) is 15.2. The minimum atomic E-state index is 0.426. The van der Waals surface area contributed by atoms with Crippen LogP contribution in [0.5, 0.6) is 0 Å². The summed E-state index contributed by atoms with van der Waals surface area (Å²) in [5, 5.41) is 3.29. The van der Waals surface area contributed by atoms with E-state index in [-0.39, 0.29) is 0 Å². The van der Waals surface area contributed by atoms with Gasteiger partial charge in [0.1, 0.15) is 0 Å². The van der Waals surface area contributed by atoms with Gasteiger partial charge in [-0.15, -0.1) is 0 Å². The smallest absolute Gasteiger partial charge is 0.188 e. The highest BCUT2D eigenvalue weighted by atomic mass is 16.5. The predicted molar refractivity (Wildman–Crippen MR) is 86.9 cm³/mol. The Morgan fingerprint density at radius 2 is 2.00 bits per heavy atom. The third kappa shape index (κ3) is 4.33. The van der Waals surface area contributed by atoms with Crippen LogP contribution in [0.15, 0.2) is 4.99 Å². The highest BCUT2D eigenvalue weighted by Crippen LogP contribution is 2.25. The molecule has 2 unspecified atom stereocenters. The number of morpholine rings is 1. The molecule has 3 N–H and O–H groups in total. The summed E-state index contributed by atoms with van der Waals surface area (Å²) in [7, 11) is 0. The number of nitrogens with one attached hydrogen (secondary N) is 1. The van der Waals surface area contributed by atoms with E-state index in [0.29, 0.717) is 17.9 Å². The lowest BCUT2D eigenvalue weighted by molar-refractivity contribution is 0.00369. The molecule has 0 bridgehead atoms. The van der Waals surface area contributed by atoms with E-state index in [0.717, 1.165) is 64.9 Å². The van der Waals surface area contributed by atoms with Gasteiger partial charge in [0.25, 0.3) is 0 Å². The van der Waals surface area contributed by atoms with E-state index in [1.807, 2.05) is 0 Å². The van der Waals surface area contributed by atoms with Gasteiger partial charge in [-0.1, -0.05) is 6.42 Å². The van der Waals surface area contributed by atoms with Gasteiger partial charge in [0, 0.05) is 38.2 Å². The molecule has 1 saturated carbocycles. The Bertz CT molecular complexity index is 361. The van der Waals surface area contributed by atoms with Crippen molar-refractivity contribution in [2.45, 2.75) is 31.7 Å². The fourth-order valence-corrected chi connectivity index (χ4v) is 3.52. The number of aliphatic imine (C=N–C) groups is 1. The summed E-state index contributed by atoms with van der Waals surface area (Å²) >= 11 is 0. The molecule has 0 spiro atoms. The summed E-state index contributed by atoms with van der Waals surface area (Å²) in [6, 6.07) is 0.426. The fourth-order valence-electron chi connectivity index (χ4n) is 3.52. The van der Waals surface area contributed by atoms with Gasteiger partial charge in [-0.3, -0.25) is 9.89 Å². The van der Waals surface area contributed by atoms with Crippen molar-refractivity contribution in [3.8, 4) is 0 Å². The second-order valence-corrected chi connectivity index (χ2v) is 6.74. The highest BCUT2D eigenvalue weighted by Gasteiger charge is 2.31. The van der Waals surface area contributed by atoms with Crippen LogP contribution in [0.1, 0.15) is 25.7 Å². The van der Waals surface area contributed by atoms with Gasteiger partial charge in [-0.2, -0.15) is 0 Å². The van der Waals surface area contributed by atoms with Gasteiger partial charge in [0.15, 0.2) is 5.96 Å². The van der Waals surface area contributed by atoms with Crippen molar-refractivity contribution in [1.29, 1.82) is 0 Å². The molecule has 2 atom stereocenters. The minimum absolute atomic E-state index is 0.426. The van der Waals surface area contributed by atoms with Crippen LogP contribution in [-0.2, 0) is 9.47 Å². The number of hydrogen-bond donors (Lipinski definition) is 2. The normalized spacial score (nSPS) is 29.3. The first kappa shape index (κ1) is 16.0. The van der Waals surface area contributed by atoms with E-state index in [9.17, 15) is 0 Å². The number of nitrogens with two attached hydrogens (primary N) is 1. The highest BCUT2D eigenvalue weighted by molar-refractivity contribution is 5.77. The van der Waals surface area contributed by atoms with E-state index in [4.69, 9.17) is 15.2 Å². The van der Waals surface area contributed by atoms with Crippen LogP contribution in [0, 0.1) is 11.8 Å². The van der Waals surface area contributed by atoms with Crippen molar-refractivity contribution < 1.29 is 9.47 Å². The maximum absolute atomic E-state index is 6.04. The van der Waals surface area contributed by atoms with Gasteiger partial charge in [0.05, 0.1) is 26.4 Å². The summed E-state index contributed by atoms with van der Waals surface area (Å²) < 4.78 is 11.1. The monoisotopic (exact) mass is 310 g/mol. The average Bonchev–Trinajstić information content (AvgIpc) is 3.01. The number of rotatable bonds is 6. The lowest BCUT2D eigenvalue weighted by Crippen LogP contribution is -2.49. The van der Waals surface area contributed by atoms with Crippen molar-refractivity contribution in [2.24, 2.45) is 22.6 Å². The Morgan fingerprint density at radius 1 is 1.18 bits per heavy atom. The van der Waals surface area contributed by atoms with Gasteiger partial charge in [-0.25, -0.2) is 0 Å². The van der Waals surface area contributed by atoms with Crippen LogP contribution in [0.3, 0.4) is 0 Å². The maximum Gasteiger partial charge on any atom is 0.188 e. The molecule has 0 radical (unpaired) electrons. The number of ether oxygens (including phenoxy) is 2. The van der Waals surface area contributed by atoms with Crippen molar-refractivity contribution in [3.63, 3.8) is 0 Å². The SMILES string of the molecule is NC(=NCC(C1CCOC1)N1CCOCC1)NCC1CCC1. The van der Waals surface area contributed by atoms with Gasteiger partial charge >= 0.3 is 0 Å². The zero-order valence-electron chi connectivity index (χ0n) is 13.5. The molecule has 3 fully saturated rings. The molecule has 0 aromatic rings. The number of guanidine groups is 1. The summed E-state index contributed by atoms with van der Waals surface area (Å²) in [5.41, 5.74) is 6.04. The average molecular weight is 310 g/mol. The molecule has 126 valence electrons. The Kier molecular flexibility index (Phi) is 5.92. The van der Waals surface area contributed by atoms with E-state index >= 15 is 0 Å². The van der Waals surface area contributed by atoms with Crippen molar-refractivity contribution >= 4 is 5.96 Å². The Morgan fingerprint density at radius 3 is 2.64 bits per heavy atom. The van der Waals surface area contributed by atoms with Gasteiger partial charge in [-0.05, 0) is 25.2 Å². The van der Waals surface area contributed by atoms with Crippen LogP contribution in [0.4, 0.5) is 0 Å². The summed E-state index contributed by atoms with van der Waals surface area (Å²) in [6.07, 6.45) is 5.16. The van der Waals surface area contributed by atoms with Crippen LogP contribution in [0.2, 0.25) is 0 Å². The van der Waals surface area contributed by atoms with E-state index < -0.39 is 0 Å². The molecule has 3 rings (SSSR count). The molecule has 2 saturated heterocycles. The largest absolute Gasteiger partial charge is 0.381 e. The molecule has 2 aliphatic heterocycles. The molecule has 0 aromatic heterocycles. The molecule has 6 heteroatoms. The van der Waals surface area contributed by atoms with Crippen LogP contribution >= 0.6 is 0 Å². The molecule has 6 nitrogen and oxygen atoms in total. The third-order valence-electron chi connectivity index (χ3n) is 5.27. The van der Waals surface area contributed by atoms with Crippen LogP contribution in [-0.4, -0.2) is 69.5 Å². The van der Waals surface area contributed by atoms with Crippen molar-refractivity contribution in [2.75, 3.05) is 52.6 Å². The first-order valence-electron chi connectivity index (χ1n) is 8.76. The predicted octanol–water partition coefficient (Wildman–Crippen LogP) is 0.428. The fraction of sp³-hybridized carbons (Fsp3) is 0.938. The first-order valence-corrected chi connectivity index (χ1v) is 8.76. The lowest BCUT2D eigenvalue weighted by atomic mass is 9.85.